The minimum atomic E-state index is -4.90. The lowest BCUT2D eigenvalue weighted by Crippen LogP contribution is -2.44. The van der Waals surface area contributed by atoms with Crippen LogP contribution >= 0.6 is 0 Å². The Hall–Kier alpha value is -3.09. The molecule has 6 nitrogen and oxygen atoms in total. The van der Waals surface area contributed by atoms with Crippen LogP contribution in [-0.2, 0) is 16.6 Å². The van der Waals surface area contributed by atoms with Gasteiger partial charge in [-0.2, -0.15) is 18.4 Å². The van der Waals surface area contributed by atoms with E-state index in [0.717, 1.165) is 4.90 Å². The highest BCUT2D eigenvalue weighted by Gasteiger charge is 2.56. The number of para-hydroxylation sites is 1. The molecule has 2 aromatic rings. The van der Waals surface area contributed by atoms with E-state index in [-0.39, 0.29) is 29.1 Å². The van der Waals surface area contributed by atoms with Crippen LogP contribution in [0.1, 0.15) is 36.1 Å². The number of benzene rings is 2. The molecule has 0 radical (unpaired) electrons. The molecule has 0 saturated carbocycles. The van der Waals surface area contributed by atoms with Crippen molar-refractivity contribution in [3.05, 3.63) is 58.7 Å². The number of halogens is 3. The van der Waals surface area contributed by atoms with Crippen molar-refractivity contribution in [1.29, 1.82) is 5.26 Å². The van der Waals surface area contributed by atoms with E-state index in [0.29, 0.717) is 25.7 Å². The molecule has 1 unspecified atom stereocenters. The third-order valence-electron chi connectivity index (χ3n) is 5.79. The summed E-state index contributed by atoms with van der Waals surface area (Å²) in [6, 6.07) is 9.55. The van der Waals surface area contributed by atoms with Crippen LogP contribution in [0.4, 0.5) is 18.9 Å². The second-order valence-electron chi connectivity index (χ2n) is 7.42. The summed E-state index contributed by atoms with van der Waals surface area (Å²) in [4.78, 5) is 16.7. The third kappa shape index (κ3) is 3.80. The van der Waals surface area contributed by atoms with Crippen molar-refractivity contribution < 1.29 is 27.8 Å². The number of anilines is 1. The Morgan fingerprint density at radius 3 is 2.44 bits per heavy atom. The van der Waals surface area contributed by atoms with Gasteiger partial charge in [0.2, 0.25) is 5.60 Å². The van der Waals surface area contributed by atoms with Crippen LogP contribution in [0.15, 0.2) is 36.4 Å². The Kier molecular flexibility index (Phi) is 6.49. The highest BCUT2D eigenvalue weighted by Crippen LogP contribution is 2.52. The fourth-order valence-electron chi connectivity index (χ4n) is 4.12. The molecule has 1 aliphatic heterocycles. The summed E-state index contributed by atoms with van der Waals surface area (Å²) in [5, 5.41) is 21.0. The first kappa shape index (κ1) is 23.6. The summed E-state index contributed by atoms with van der Waals surface area (Å²) < 4.78 is 47.5. The minimum Gasteiger partial charge on any atom is -0.496 e. The topological polar surface area (TPSA) is 76.8 Å². The number of carbonyl (C=O) groups is 1. The van der Waals surface area contributed by atoms with Gasteiger partial charge in [-0.3, -0.25) is 4.79 Å². The first-order chi connectivity index (χ1) is 15.1. The van der Waals surface area contributed by atoms with Crippen molar-refractivity contribution >= 4 is 11.6 Å². The molecule has 1 heterocycles. The quantitative estimate of drug-likeness (QED) is 0.703. The largest absolute Gasteiger partial charge is 0.496 e. The van der Waals surface area contributed by atoms with E-state index in [2.05, 4.69) is 0 Å². The highest BCUT2D eigenvalue weighted by molar-refractivity contribution is 6.10. The van der Waals surface area contributed by atoms with Crippen molar-refractivity contribution in [2.24, 2.45) is 0 Å². The van der Waals surface area contributed by atoms with Crippen LogP contribution in [0.2, 0.25) is 0 Å². The molecule has 0 aromatic heterocycles. The molecule has 0 aliphatic carbocycles. The Balaban J connectivity index is 2.31. The smallest absolute Gasteiger partial charge is 0.416 e. The Morgan fingerprint density at radius 2 is 1.88 bits per heavy atom. The summed E-state index contributed by atoms with van der Waals surface area (Å²) in [6.07, 6.45) is -4.90. The molecule has 0 bridgehead atoms. The van der Waals surface area contributed by atoms with E-state index < -0.39 is 28.8 Å². The fraction of sp³-hybridized carbons (Fsp3) is 0.391. The number of ether oxygens (including phenoxy) is 1. The van der Waals surface area contributed by atoms with Crippen LogP contribution < -0.4 is 9.64 Å². The first-order valence-corrected chi connectivity index (χ1v) is 10.2. The van der Waals surface area contributed by atoms with Crippen molar-refractivity contribution in [2.75, 3.05) is 38.2 Å². The van der Waals surface area contributed by atoms with E-state index in [1.165, 1.54) is 31.4 Å². The van der Waals surface area contributed by atoms with E-state index in [1.807, 2.05) is 18.7 Å². The molecule has 0 spiro atoms. The summed E-state index contributed by atoms with van der Waals surface area (Å²) in [5.41, 5.74) is -4.89. The number of nitrogens with zero attached hydrogens (tertiary/aromatic N) is 3. The van der Waals surface area contributed by atoms with Gasteiger partial charge in [-0.15, -0.1) is 0 Å². The number of rotatable bonds is 7. The lowest BCUT2D eigenvalue weighted by molar-refractivity contribution is -0.142. The Labute approximate surface area is 184 Å². The summed E-state index contributed by atoms with van der Waals surface area (Å²) in [5.74, 6) is -0.831. The number of methoxy groups -OCH3 is 1. The van der Waals surface area contributed by atoms with Gasteiger partial charge in [-0.05, 0) is 31.3 Å². The molecule has 3 rings (SSSR count). The monoisotopic (exact) mass is 447 g/mol. The van der Waals surface area contributed by atoms with Gasteiger partial charge in [0, 0.05) is 24.2 Å². The molecular formula is C23H24F3N3O3. The number of hydrogen-bond donors (Lipinski definition) is 1. The SMILES string of the molecule is CCN(CC)CCN1C(=O)C(O)(c2ccccc2OC)c2c1cc(C#N)cc2C(F)(F)F. The standard InChI is InChI=1S/C23H24F3N3O3/c1-4-28(5-2)10-11-29-18-13-15(14-27)12-17(23(24,25)26)20(18)22(31,21(29)30)16-8-6-7-9-19(16)32-3/h6-9,12-13,31H,4-5,10-11H2,1-3H3. The number of carbonyl (C=O) groups excluding carboxylic acids is 1. The number of aliphatic hydroxyl groups is 1. The van der Waals surface area contributed by atoms with Gasteiger partial charge in [0.1, 0.15) is 5.75 Å². The van der Waals surface area contributed by atoms with Gasteiger partial charge in [-0.25, -0.2) is 0 Å². The Bertz CT molecular complexity index is 1060. The second-order valence-corrected chi connectivity index (χ2v) is 7.42. The van der Waals surface area contributed by atoms with Crippen LogP contribution in [-0.4, -0.2) is 49.2 Å². The summed E-state index contributed by atoms with van der Waals surface area (Å²) in [7, 11) is 1.31. The zero-order valence-corrected chi connectivity index (χ0v) is 18.0. The number of hydrogen-bond acceptors (Lipinski definition) is 5. The average molecular weight is 447 g/mol. The lowest BCUT2D eigenvalue weighted by Gasteiger charge is -2.27. The zero-order valence-electron chi connectivity index (χ0n) is 18.0. The maximum absolute atomic E-state index is 14.1. The van der Waals surface area contributed by atoms with E-state index in [1.54, 1.807) is 12.1 Å². The van der Waals surface area contributed by atoms with E-state index >= 15 is 0 Å². The van der Waals surface area contributed by atoms with Crippen molar-refractivity contribution in [3.8, 4) is 11.8 Å². The number of fused-ring (bicyclic) bond motifs is 1. The molecule has 170 valence electrons. The molecule has 9 heteroatoms. The lowest BCUT2D eigenvalue weighted by atomic mass is 9.83. The van der Waals surface area contributed by atoms with Gasteiger partial charge in [0.05, 0.1) is 30.0 Å². The van der Waals surface area contributed by atoms with Crippen molar-refractivity contribution in [2.45, 2.75) is 25.6 Å². The minimum absolute atomic E-state index is 0.0527. The van der Waals surface area contributed by atoms with Gasteiger partial charge in [0.15, 0.2) is 0 Å². The zero-order chi connectivity index (χ0) is 23.7. The second kappa shape index (κ2) is 8.81. The van der Waals surface area contributed by atoms with Gasteiger partial charge in [-0.1, -0.05) is 32.0 Å². The third-order valence-corrected chi connectivity index (χ3v) is 5.79. The maximum Gasteiger partial charge on any atom is 0.416 e. The van der Waals surface area contributed by atoms with Crippen LogP contribution in [0.5, 0.6) is 5.75 Å². The molecule has 32 heavy (non-hydrogen) atoms. The van der Waals surface area contributed by atoms with Gasteiger partial charge >= 0.3 is 6.18 Å². The van der Waals surface area contributed by atoms with Crippen LogP contribution in [0, 0.1) is 11.3 Å². The molecule has 2 aromatic carbocycles. The molecular weight excluding hydrogens is 423 g/mol. The molecule has 0 fully saturated rings. The van der Waals surface area contributed by atoms with Crippen molar-refractivity contribution in [1.82, 2.24) is 4.90 Å². The van der Waals surface area contributed by atoms with Crippen LogP contribution in [0.25, 0.3) is 0 Å². The van der Waals surface area contributed by atoms with E-state index in [9.17, 15) is 28.3 Å². The van der Waals surface area contributed by atoms with Gasteiger partial charge < -0.3 is 19.6 Å². The predicted octanol–water partition coefficient (Wildman–Crippen LogP) is 3.51. The fourth-order valence-corrected chi connectivity index (χ4v) is 4.12. The maximum atomic E-state index is 14.1. The molecule has 1 atom stereocenters. The number of alkyl halides is 3. The Morgan fingerprint density at radius 1 is 1.22 bits per heavy atom. The van der Waals surface area contributed by atoms with Crippen LogP contribution in [0.3, 0.4) is 0 Å². The summed E-state index contributed by atoms with van der Waals surface area (Å²) in [6.45, 7) is 5.69. The average Bonchev–Trinajstić information content (AvgIpc) is 3.00. The number of likely N-dealkylation sites (N-methyl/N-ethyl adjacent to an activating group) is 1. The number of nitriles is 1. The molecule has 1 aliphatic rings. The number of amides is 1. The van der Waals surface area contributed by atoms with E-state index in [4.69, 9.17) is 4.74 Å². The highest BCUT2D eigenvalue weighted by atomic mass is 19.4. The molecule has 1 amide bonds. The normalized spacial score (nSPS) is 18.1. The molecule has 1 N–H and O–H groups in total. The van der Waals surface area contributed by atoms with Gasteiger partial charge in [0.25, 0.3) is 5.91 Å². The predicted molar refractivity (Wildman–Crippen MR) is 112 cm³/mol. The first-order valence-electron chi connectivity index (χ1n) is 10.2. The van der Waals surface area contributed by atoms with Crippen molar-refractivity contribution in [3.63, 3.8) is 0 Å². The molecule has 0 saturated heterocycles. The summed E-state index contributed by atoms with van der Waals surface area (Å²) >= 11 is 0.